The molecule has 8 heteroatoms. The standard InChI is InChI=1S/C22H20Cl2FN3O2/c1-2-26-9-11-27(12-10-26)20-19(14-3-6-16(25)7-4-14)21(29)28(22(20)30)18-13-15(23)5-8-17(18)24/h3-8,13H,2,9-12H2,1H3. The van der Waals surface area contributed by atoms with Gasteiger partial charge in [-0.15, -0.1) is 0 Å². The Kier molecular flexibility index (Phi) is 5.82. The molecule has 2 aliphatic rings. The third-order valence-electron chi connectivity index (χ3n) is 5.48. The number of imide groups is 1. The summed E-state index contributed by atoms with van der Waals surface area (Å²) in [6.07, 6.45) is 0. The van der Waals surface area contributed by atoms with Gasteiger partial charge in [-0.1, -0.05) is 42.3 Å². The van der Waals surface area contributed by atoms with Crippen LogP contribution in [0.3, 0.4) is 0 Å². The van der Waals surface area contributed by atoms with Crippen LogP contribution in [0.1, 0.15) is 12.5 Å². The van der Waals surface area contributed by atoms with Crippen LogP contribution >= 0.6 is 23.2 Å². The Hall–Kier alpha value is -2.41. The highest BCUT2D eigenvalue weighted by Gasteiger charge is 2.43. The summed E-state index contributed by atoms with van der Waals surface area (Å²) in [6, 6.07) is 10.2. The molecule has 0 atom stereocenters. The predicted molar refractivity (Wildman–Crippen MR) is 116 cm³/mol. The Morgan fingerprint density at radius 3 is 2.23 bits per heavy atom. The minimum atomic E-state index is -0.497. The maximum Gasteiger partial charge on any atom is 0.282 e. The van der Waals surface area contributed by atoms with Crippen molar-refractivity contribution in [1.82, 2.24) is 9.80 Å². The molecule has 4 rings (SSSR count). The van der Waals surface area contributed by atoms with Gasteiger partial charge in [0.05, 0.1) is 16.3 Å². The lowest BCUT2D eigenvalue weighted by molar-refractivity contribution is -0.120. The first-order valence-corrected chi connectivity index (χ1v) is 10.5. The van der Waals surface area contributed by atoms with E-state index in [1.54, 1.807) is 12.1 Å². The molecule has 0 saturated carbocycles. The summed E-state index contributed by atoms with van der Waals surface area (Å²) < 4.78 is 13.5. The van der Waals surface area contributed by atoms with E-state index in [1.165, 1.54) is 30.3 Å². The van der Waals surface area contributed by atoms with Crippen LogP contribution in [-0.4, -0.2) is 54.3 Å². The fraction of sp³-hybridized carbons (Fsp3) is 0.273. The largest absolute Gasteiger partial charge is 0.364 e. The number of anilines is 1. The van der Waals surface area contributed by atoms with E-state index >= 15 is 0 Å². The van der Waals surface area contributed by atoms with Crippen molar-refractivity contribution >= 4 is 46.3 Å². The van der Waals surface area contributed by atoms with Crippen LogP contribution in [-0.2, 0) is 9.59 Å². The van der Waals surface area contributed by atoms with Crippen molar-refractivity contribution in [2.24, 2.45) is 0 Å². The number of piperazine rings is 1. The number of halogens is 3. The topological polar surface area (TPSA) is 43.9 Å². The van der Waals surface area contributed by atoms with Crippen molar-refractivity contribution in [1.29, 1.82) is 0 Å². The van der Waals surface area contributed by atoms with E-state index in [9.17, 15) is 14.0 Å². The Morgan fingerprint density at radius 2 is 1.60 bits per heavy atom. The number of carbonyl (C=O) groups excluding carboxylic acids is 2. The number of hydrogen-bond donors (Lipinski definition) is 0. The lowest BCUT2D eigenvalue weighted by Crippen LogP contribution is -2.47. The molecule has 2 aromatic carbocycles. The number of rotatable bonds is 4. The summed E-state index contributed by atoms with van der Waals surface area (Å²) in [6.45, 7) is 5.82. The molecule has 0 aromatic heterocycles. The van der Waals surface area contributed by atoms with Crippen LogP contribution in [0.25, 0.3) is 5.57 Å². The molecule has 1 fully saturated rings. The number of carbonyl (C=O) groups is 2. The maximum atomic E-state index is 13.5. The van der Waals surface area contributed by atoms with E-state index in [2.05, 4.69) is 11.8 Å². The molecule has 0 spiro atoms. The van der Waals surface area contributed by atoms with Crippen molar-refractivity contribution in [3.63, 3.8) is 0 Å². The summed E-state index contributed by atoms with van der Waals surface area (Å²) in [5.41, 5.74) is 1.30. The van der Waals surface area contributed by atoms with Gasteiger partial charge in [0.25, 0.3) is 11.8 Å². The van der Waals surface area contributed by atoms with Crippen LogP contribution in [0.15, 0.2) is 48.2 Å². The van der Waals surface area contributed by atoms with Crippen molar-refractivity contribution in [2.45, 2.75) is 6.92 Å². The third-order valence-corrected chi connectivity index (χ3v) is 6.03. The smallest absolute Gasteiger partial charge is 0.282 e. The Labute approximate surface area is 184 Å². The average Bonchev–Trinajstić information content (AvgIpc) is 3.00. The molecule has 0 aliphatic carbocycles. The molecule has 2 heterocycles. The fourth-order valence-electron chi connectivity index (χ4n) is 3.85. The van der Waals surface area contributed by atoms with E-state index in [-0.39, 0.29) is 16.3 Å². The van der Waals surface area contributed by atoms with E-state index in [1.807, 2.05) is 4.90 Å². The molecule has 2 aliphatic heterocycles. The molecule has 1 saturated heterocycles. The highest BCUT2D eigenvalue weighted by atomic mass is 35.5. The van der Waals surface area contributed by atoms with Gasteiger partial charge in [-0.3, -0.25) is 9.59 Å². The highest BCUT2D eigenvalue weighted by Crippen LogP contribution is 2.38. The fourth-order valence-corrected chi connectivity index (χ4v) is 4.22. The van der Waals surface area contributed by atoms with Gasteiger partial charge in [0, 0.05) is 31.2 Å². The summed E-state index contributed by atoms with van der Waals surface area (Å²) in [7, 11) is 0. The first kappa shape index (κ1) is 20.8. The number of benzene rings is 2. The molecule has 2 aromatic rings. The van der Waals surface area contributed by atoms with Gasteiger partial charge in [-0.05, 0) is 42.4 Å². The zero-order chi connectivity index (χ0) is 21.4. The molecular formula is C22H20Cl2FN3O2. The van der Waals surface area contributed by atoms with Crippen LogP contribution in [0.4, 0.5) is 10.1 Å². The van der Waals surface area contributed by atoms with Gasteiger partial charge < -0.3 is 9.80 Å². The normalized spacial score (nSPS) is 18.0. The number of amides is 2. The van der Waals surface area contributed by atoms with Crippen LogP contribution in [0.2, 0.25) is 10.0 Å². The monoisotopic (exact) mass is 447 g/mol. The number of nitrogens with zero attached hydrogens (tertiary/aromatic N) is 3. The molecule has 0 N–H and O–H groups in total. The minimum absolute atomic E-state index is 0.237. The summed E-state index contributed by atoms with van der Waals surface area (Å²) in [5.74, 6) is -1.36. The lowest BCUT2D eigenvalue weighted by Gasteiger charge is -2.36. The second-order valence-electron chi connectivity index (χ2n) is 7.19. The van der Waals surface area contributed by atoms with Gasteiger partial charge in [-0.25, -0.2) is 9.29 Å². The van der Waals surface area contributed by atoms with Gasteiger partial charge in [0.2, 0.25) is 0 Å². The third kappa shape index (κ3) is 3.71. The van der Waals surface area contributed by atoms with Crippen molar-refractivity contribution in [3.05, 3.63) is 69.6 Å². The summed E-state index contributed by atoms with van der Waals surface area (Å²) >= 11 is 12.4. The Morgan fingerprint density at radius 1 is 0.933 bits per heavy atom. The van der Waals surface area contributed by atoms with Gasteiger partial charge in [0.15, 0.2) is 0 Å². The highest BCUT2D eigenvalue weighted by molar-refractivity contribution is 6.47. The van der Waals surface area contributed by atoms with Gasteiger partial charge in [-0.2, -0.15) is 0 Å². The molecule has 0 unspecified atom stereocenters. The first-order chi connectivity index (χ1) is 14.4. The molecule has 30 heavy (non-hydrogen) atoms. The van der Waals surface area contributed by atoms with Crippen LogP contribution in [0, 0.1) is 5.82 Å². The predicted octanol–water partition coefficient (Wildman–Crippen LogP) is 4.05. The molecular weight excluding hydrogens is 428 g/mol. The van der Waals surface area contributed by atoms with Crippen molar-refractivity contribution in [2.75, 3.05) is 37.6 Å². The maximum absolute atomic E-state index is 13.5. The first-order valence-electron chi connectivity index (χ1n) is 9.72. The van der Waals surface area contributed by atoms with Crippen LogP contribution < -0.4 is 4.90 Å². The van der Waals surface area contributed by atoms with E-state index in [0.29, 0.717) is 29.4 Å². The van der Waals surface area contributed by atoms with Crippen molar-refractivity contribution < 1.29 is 14.0 Å². The number of likely N-dealkylation sites (N-methyl/N-ethyl adjacent to an activating group) is 1. The second kappa shape index (κ2) is 8.38. The SMILES string of the molecule is CCN1CCN(C2=C(c3ccc(F)cc3)C(=O)N(c3cc(Cl)ccc3Cl)C2=O)CC1. The Bertz CT molecular complexity index is 1030. The molecule has 156 valence electrons. The molecule has 0 bridgehead atoms. The van der Waals surface area contributed by atoms with E-state index in [0.717, 1.165) is 24.5 Å². The minimum Gasteiger partial charge on any atom is -0.364 e. The second-order valence-corrected chi connectivity index (χ2v) is 8.04. The van der Waals surface area contributed by atoms with Crippen molar-refractivity contribution in [3.8, 4) is 0 Å². The molecule has 0 radical (unpaired) electrons. The molecule has 2 amide bonds. The number of hydrogen-bond acceptors (Lipinski definition) is 4. The van der Waals surface area contributed by atoms with Gasteiger partial charge >= 0.3 is 0 Å². The van der Waals surface area contributed by atoms with E-state index in [4.69, 9.17) is 23.2 Å². The zero-order valence-electron chi connectivity index (χ0n) is 16.4. The Balaban J connectivity index is 1.80. The summed E-state index contributed by atoms with van der Waals surface area (Å²) in [5, 5.41) is 0.611. The average molecular weight is 448 g/mol. The van der Waals surface area contributed by atoms with E-state index < -0.39 is 17.6 Å². The quantitative estimate of drug-likeness (QED) is 0.662. The lowest BCUT2D eigenvalue weighted by atomic mass is 10.0. The zero-order valence-corrected chi connectivity index (χ0v) is 17.9. The van der Waals surface area contributed by atoms with Gasteiger partial charge in [0.1, 0.15) is 11.5 Å². The van der Waals surface area contributed by atoms with Crippen LogP contribution in [0.5, 0.6) is 0 Å². The summed E-state index contributed by atoms with van der Waals surface area (Å²) in [4.78, 5) is 32.2. The molecule has 5 nitrogen and oxygen atoms in total.